The van der Waals surface area contributed by atoms with Gasteiger partial charge in [-0.3, -0.25) is 10.2 Å². The highest BCUT2D eigenvalue weighted by molar-refractivity contribution is 5.77. The van der Waals surface area contributed by atoms with Gasteiger partial charge in [-0.1, -0.05) is 19.8 Å². The van der Waals surface area contributed by atoms with E-state index in [1.807, 2.05) is 6.92 Å². The number of nitrogens with one attached hydrogen (secondary N) is 1. The molecule has 1 aliphatic rings. The van der Waals surface area contributed by atoms with Crippen LogP contribution in [0.25, 0.3) is 0 Å². The Bertz CT molecular complexity index is 184. The van der Waals surface area contributed by atoms with Crippen molar-refractivity contribution in [1.82, 2.24) is 5.43 Å². The standard InChI is InChI=1S/C9H18N2O2/c1-6(9(13)11-10)7-4-2-3-5-8(7)12/h6-8,12H,2-5,10H2,1H3,(H,11,13). The zero-order valence-corrected chi connectivity index (χ0v) is 7.99. The Hall–Kier alpha value is -0.610. The van der Waals surface area contributed by atoms with E-state index in [-0.39, 0.29) is 23.8 Å². The third-order valence-corrected chi connectivity index (χ3v) is 2.98. The Morgan fingerprint density at radius 1 is 1.54 bits per heavy atom. The second-order valence-electron chi connectivity index (χ2n) is 3.81. The van der Waals surface area contributed by atoms with Crippen molar-refractivity contribution >= 4 is 5.91 Å². The van der Waals surface area contributed by atoms with Gasteiger partial charge in [-0.05, 0) is 18.8 Å². The molecule has 1 aliphatic carbocycles. The molecular formula is C9H18N2O2. The second-order valence-corrected chi connectivity index (χ2v) is 3.81. The molecule has 0 aliphatic heterocycles. The van der Waals surface area contributed by atoms with Crippen LogP contribution in [0.4, 0.5) is 0 Å². The van der Waals surface area contributed by atoms with E-state index in [0.29, 0.717) is 0 Å². The van der Waals surface area contributed by atoms with Crippen molar-refractivity contribution in [1.29, 1.82) is 0 Å². The molecule has 4 nitrogen and oxygen atoms in total. The number of hydrogen-bond donors (Lipinski definition) is 3. The summed E-state index contributed by atoms with van der Waals surface area (Å²) in [5, 5.41) is 9.66. The van der Waals surface area contributed by atoms with Gasteiger partial charge in [0.2, 0.25) is 5.91 Å². The van der Waals surface area contributed by atoms with Crippen LogP contribution in [0.1, 0.15) is 32.6 Å². The maximum atomic E-state index is 11.2. The van der Waals surface area contributed by atoms with Crippen LogP contribution >= 0.6 is 0 Å². The summed E-state index contributed by atoms with van der Waals surface area (Å²) in [6.07, 6.45) is 3.57. The maximum absolute atomic E-state index is 11.2. The Morgan fingerprint density at radius 2 is 2.15 bits per heavy atom. The van der Waals surface area contributed by atoms with E-state index in [9.17, 15) is 9.90 Å². The molecule has 0 aromatic rings. The van der Waals surface area contributed by atoms with Crippen molar-refractivity contribution in [3.8, 4) is 0 Å². The Morgan fingerprint density at radius 3 is 2.69 bits per heavy atom. The van der Waals surface area contributed by atoms with Crippen molar-refractivity contribution in [3.05, 3.63) is 0 Å². The first-order chi connectivity index (χ1) is 6.16. The van der Waals surface area contributed by atoms with Gasteiger partial charge in [0.25, 0.3) is 0 Å². The number of aliphatic hydroxyl groups excluding tert-OH is 1. The van der Waals surface area contributed by atoms with Crippen LogP contribution in [0.15, 0.2) is 0 Å². The molecule has 1 amide bonds. The summed E-state index contributed by atoms with van der Waals surface area (Å²) in [6, 6.07) is 0. The third-order valence-electron chi connectivity index (χ3n) is 2.98. The number of carbonyl (C=O) groups is 1. The first kappa shape index (κ1) is 10.5. The molecule has 76 valence electrons. The predicted octanol–water partition coefficient (Wildman–Crippen LogP) is 0.163. The minimum Gasteiger partial charge on any atom is -0.393 e. The highest BCUT2D eigenvalue weighted by Crippen LogP contribution is 2.30. The zero-order valence-electron chi connectivity index (χ0n) is 7.99. The molecule has 0 aromatic heterocycles. The minimum atomic E-state index is -0.332. The van der Waals surface area contributed by atoms with Crippen molar-refractivity contribution in [2.75, 3.05) is 0 Å². The minimum absolute atomic E-state index is 0.0808. The quantitative estimate of drug-likeness (QED) is 0.327. The number of amides is 1. The monoisotopic (exact) mass is 186 g/mol. The summed E-state index contributed by atoms with van der Waals surface area (Å²) in [4.78, 5) is 11.2. The molecule has 0 heterocycles. The van der Waals surface area contributed by atoms with Crippen molar-refractivity contribution in [2.45, 2.75) is 38.7 Å². The summed E-state index contributed by atoms with van der Waals surface area (Å²) in [5.41, 5.74) is 2.13. The van der Waals surface area contributed by atoms with Gasteiger partial charge in [0.1, 0.15) is 0 Å². The first-order valence-electron chi connectivity index (χ1n) is 4.85. The molecule has 1 rings (SSSR count). The van der Waals surface area contributed by atoms with E-state index in [1.54, 1.807) is 0 Å². The summed E-state index contributed by atoms with van der Waals surface area (Å²) < 4.78 is 0. The van der Waals surface area contributed by atoms with Gasteiger partial charge in [-0.2, -0.15) is 0 Å². The highest BCUT2D eigenvalue weighted by Gasteiger charge is 2.31. The molecule has 0 saturated heterocycles. The summed E-state index contributed by atoms with van der Waals surface area (Å²) >= 11 is 0. The molecule has 13 heavy (non-hydrogen) atoms. The molecule has 1 fully saturated rings. The van der Waals surface area contributed by atoms with Crippen LogP contribution in [-0.2, 0) is 4.79 Å². The normalized spacial score (nSPS) is 31.0. The van der Waals surface area contributed by atoms with Gasteiger partial charge in [0.05, 0.1) is 6.10 Å². The lowest BCUT2D eigenvalue weighted by molar-refractivity contribution is -0.128. The smallest absolute Gasteiger partial charge is 0.237 e. The lowest BCUT2D eigenvalue weighted by atomic mass is 9.78. The van der Waals surface area contributed by atoms with Gasteiger partial charge < -0.3 is 5.11 Å². The number of nitrogens with two attached hydrogens (primary N) is 1. The highest BCUT2D eigenvalue weighted by atomic mass is 16.3. The van der Waals surface area contributed by atoms with Crippen LogP contribution in [0.5, 0.6) is 0 Å². The average Bonchev–Trinajstić information content (AvgIpc) is 2.16. The number of aliphatic hydroxyl groups is 1. The molecule has 3 unspecified atom stereocenters. The van der Waals surface area contributed by atoms with Gasteiger partial charge >= 0.3 is 0 Å². The number of hydrogen-bond acceptors (Lipinski definition) is 3. The largest absolute Gasteiger partial charge is 0.393 e. The van der Waals surface area contributed by atoms with Crippen LogP contribution in [-0.4, -0.2) is 17.1 Å². The summed E-state index contributed by atoms with van der Waals surface area (Å²) in [6.45, 7) is 1.82. The fraction of sp³-hybridized carbons (Fsp3) is 0.889. The Labute approximate surface area is 78.5 Å². The molecular weight excluding hydrogens is 168 g/mol. The van der Waals surface area contributed by atoms with E-state index in [0.717, 1.165) is 25.7 Å². The van der Waals surface area contributed by atoms with Gasteiger partial charge in [0.15, 0.2) is 0 Å². The lowest BCUT2D eigenvalue weighted by Crippen LogP contribution is -2.42. The van der Waals surface area contributed by atoms with Crippen LogP contribution in [0.3, 0.4) is 0 Å². The second kappa shape index (κ2) is 4.58. The molecule has 4 heteroatoms. The van der Waals surface area contributed by atoms with E-state index >= 15 is 0 Å². The molecule has 1 saturated carbocycles. The number of carbonyl (C=O) groups excluding carboxylic acids is 1. The first-order valence-corrected chi connectivity index (χ1v) is 4.85. The number of hydrazine groups is 1. The molecule has 4 N–H and O–H groups in total. The van der Waals surface area contributed by atoms with Gasteiger partial charge in [-0.25, -0.2) is 5.84 Å². The van der Waals surface area contributed by atoms with Crippen molar-refractivity contribution in [3.63, 3.8) is 0 Å². The molecule has 0 aromatic carbocycles. The Kier molecular flexibility index (Phi) is 3.69. The fourth-order valence-corrected chi connectivity index (χ4v) is 2.05. The van der Waals surface area contributed by atoms with Gasteiger partial charge in [-0.15, -0.1) is 0 Å². The van der Waals surface area contributed by atoms with Crippen LogP contribution in [0, 0.1) is 11.8 Å². The van der Waals surface area contributed by atoms with Crippen LogP contribution < -0.4 is 11.3 Å². The van der Waals surface area contributed by atoms with E-state index < -0.39 is 0 Å². The van der Waals surface area contributed by atoms with Gasteiger partial charge in [0, 0.05) is 5.92 Å². The summed E-state index contributed by atoms with van der Waals surface area (Å²) in [7, 11) is 0. The molecule has 0 bridgehead atoms. The maximum Gasteiger partial charge on any atom is 0.237 e. The third kappa shape index (κ3) is 2.42. The van der Waals surface area contributed by atoms with Crippen molar-refractivity contribution < 1.29 is 9.90 Å². The molecule has 0 spiro atoms. The lowest BCUT2D eigenvalue weighted by Gasteiger charge is -2.31. The predicted molar refractivity (Wildman–Crippen MR) is 49.5 cm³/mol. The number of rotatable bonds is 2. The van der Waals surface area contributed by atoms with E-state index in [4.69, 9.17) is 5.84 Å². The van der Waals surface area contributed by atoms with Crippen molar-refractivity contribution in [2.24, 2.45) is 17.7 Å². The average molecular weight is 186 g/mol. The Balaban J connectivity index is 2.53. The van der Waals surface area contributed by atoms with E-state index in [1.165, 1.54) is 0 Å². The fourth-order valence-electron chi connectivity index (χ4n) is 2.05. The SMILES string of the molecule is CC(C(=O)NN)C1CCCCC1O. The summed E-state index contributed by atoms with van der Waals surface area (Å²) in [5.74, 6) is 4.77. The molecule has 3 atom stereocenters. The van der Waals surface area contributed by atoms with Crippen LogP contribution in [0.2, 0.25) is 0 Å². The topological polar surface area (TPSA) is 75.4 Å². The zero-order chi connectivity index (χ0) is 9.84. The molecule has 0 radical (unpaired) electrons. The van der Waals surface area contributed by atoms with E-state index in [2.05, 4.69) is 5.43 Å².